The zero-order valence-corrected chi connectivity index (χ0v) is 17.3. The van der Waals surface area contributed by atoms with Gasteiger partial charge < -0.3 is 4.57 Å². The molecule has 4 aromatic rings. The van der Waals surface area contributed by atoms with Crippen LogP contribution in [-0.2, 0) is 32.5 Å². The Morgan fingerprint density at radius 2 is 1.97 bits per heavy atom. The molecular weight excluding hydrogens is 386 g/mol. The minimum atomic E-state index is 0.161. The summed E-state index contributed by atoms with van der Waals surface area (Å²) in [5.41, 5.74) is 6.63. The molecule has 5 heterocycles. The lowest BCUT2D eigenvalue weighted by Crippen LogP contribution is -2.35. The highest BCUT2D eigenvalue weighted by atomic mass is 16.1. The minimum absolute atomic E-state index is 0.161. The van der Waals surface area contributed by atoms with Gasteiger partial charge in [0.05, 0.1) is 11.2 Å². The normalized spacial score (nSPS) is 15.7. The Bertz CT molecular complexity index is 1350. The van der Waals surface area contributed by atoms with E-state index in [4.69, 9.17) is 4.98 Å². The van der Waals surface area contributed by atoms with E-state index in [0.717, 1.165) is 72.6 Å². The summed E-state index contributed by atoms with van der Waals surface area (Å²) in [4.78, 5) is 29.1. The van der Waals surface area contributed by atoms with Crippen LogP contribution in [0, 0.1) is 0 Å². The molecule has 0 fully saturated rings. The summed E-state index contributed by atoms with van der Waals surface area (Å²) in [5, 5.41) is 1.17. The van der Waals surface area contributed by atoms with Crippen molar-refractivity contribution in [3.8, 4) is 11.4 Å². The quantitative estimate of drug-likeness (QED) is 0.519. The fraction of sp³-hybridized carbons (Fsp3) is 0.280. The topological polar surface area (TPSA) is 63.9 Å². The van der Waals surface area contributed by atoms with Crippen LogP contribution in [-0.4, -0.2) is 31.0 Å². The van der Waals surface area contributed by atoms with E-state index < -0.39 is 0 Å². The molecule has 6 nitrogen and oxygen atoms in total. The molecule has 0 unspecified atom stereocenters. The van der Waals surface area contributed by atoms with Crippen molar-refractivity contribution in [1.82, 2.24) is 24.4 Å². The summed E-state index contributed by atoms with van der Waals surface area (Å²) in [6.07, 6.45) is 8.42. The molecule has 0 saturated carbocycles. The second-order valence-corrected chi connectivity index (χ2v) is 8.45. The monoisotopic (exact) mass is 409 g/mol. The lowest BCUT2D eigenvalue weighted by atomic mass is 9.99. The van der Waals surface area contributed by atoms with Gasteiger partial charge in [0.25, 0.3) is 5.56 Å². The molecule has 6 heteroatoms. The number of fused-ring (bicyclic) bond motifs is 1. The third-order valence-corrected chi connectivity index (χ3v) is 6.42. The maximum absolute atomic E-state index is 13.2. The van der Waals surface area contributed by atoms with E-state index in [2.05, 4.69) is 39.1 Å². The molecule has 6 rings (SSSR count). The predicted octanol–water partition coefficient (Wildman–Crippen LogP) is 3.36. The van der Waals surface area contributed by atoms with Crippen molar-refractivity contribution in [2.75, 3.05) is 6.54 Å². The Hall–Kier alpha value is -3.38. The van der Waals surface area contributed by atoms with Crippen molar-refractivity contribution in [3.63, 3.8) is 0 Å². The molecule has 0 N–H and O–H groups in total. The van der Waals surface area contributed by atoms with Crippen LogP contribution in [0.25, 0.3) is 22.3 Å². The number of rotatable bonds is 3. The second-order valence-electron chi connectivity index (χ2n) is 8.45. The van der Waals surface area contributed by atoms with Gasteiger partial charge >= 0.3 is 0 Å². The van der Waals surface area contributed by atoms with Gasteiger partial charge in [-0.2, -0.15) is 0 Å². The molecule has 0 radical (unpaired) electrons. The van der Waals surface area contributed by atoms with Crippen LogP contribution in [0.5, 0.6) is 0 Å². The molecule has 31 heavy (non-hydrogen) atoms. The van der Waals surface area contributed by atoms with Crippen LogP contribution in [0.15, 0.2) is 59.8 Å². The standard InChI is InChI=1S/C25H23N5O/c31-25-20(12-18-5-1-4-17-7-3-10-30(25)23(17)18)15-29-11-8-22-21(16-29)14-27-24(28-22)19-6-2-9-26-13-19/h1-2,4-6,9,12-14H,3,7-8,10-11,15-16H2. The summed E-state index contributed by atoms with van der Waals surface area (Å²) in [6.45, 7) is 3.12. The zero-order valence-electron chi connectivity index (χ0n) is 17.3. The molecular formula is C25H23N5O. The number of aromatic nitrogens is 4. The number of pyridine rings is 2. The van der Waals surface area contributed by atoms with E-state index in [1.165, 1.54) is 10.9 Å². The number of para-hydroxylation sites is 1. The first-order valence-corrected chi connectivity index (χ1v) is 10.9. The van der Waals surface area contributed by atoms with E-state index >= 15 is 0 Å². The van der Waals surface area contributed by atoms with Gasteiger partial charge in [0, 0.05) is 67.9 Å². The third kappa shape index (κ3) is 3.24. The van der Waals surface area contributed by atoms with Gasteiger partial charge in [0.2, 0.25) is 0 Å². The molecule has 1 aromatic carbocycles. The van der Waals surface area contributed by atoms with Crippen LogP contribution in [0.3, 0.4) is 0 Å². The van der Waals surface area contributed by atoms with E-state index in [-0.39, 0.29) is 5.56 Å². The Morgan fingerprint density at radius 1 is 1.00 bits per heavy atom. The number of benzene rings is 1. The molecule has 0 atom stereocenters. The number of nitrogens with zero attached hydrogens (tertiary/aromatic N) is 5. The van der Waals surface area contributed by atoms with Crippen LogP contribution in [0.1, 0.15) is 28.8 Å². The Balaban J connectivity index is 1.28. The smallest absolute Gasteiger partial charge is 0.255 e. The lowest BCUT2D eigenvalue weighted by molar-refractivity contribution is 0.241. The van der Waals surface area contributed by atoms with Gasteiger partial charge in [0.1, 0.15) is 0 Å². The summed E-state index contributed by atoms with van der Waals surface area (Å²) in [7, 11) is 0. The number of hydrogen-bond acceptors (Lipinski definition) is 5. The second kappa shape index (κ2) is 7.39. The molecule has 2 aliphatic heterocycles. The van der Waals surface area contributed by atoms with E-state index in [1.54, 1.807) is 12.4 Å². The highest BCUT2D eigenvalue weighted by molar-refractivity contribution is 5.83. The van der Waals surface area contributed by atoms with Crippen molar-refractivity contribution in [2.45, 2.75) is 38.9 Å². The fourth-order valence-corrected chi connectivity index (χ4v) is 4.92. The van der Waals surface area contributed by atoms with Gasteiger partial charge in [-0.05, 0) is 42.0 Å². The van der Waals surface area contributed by atoms with Crippen LogP contribution in [0.2, 0.25) is 0 Å². The van der Waals surface area contributed by atoms with E-state index in [0.29, 0.717) is 6.54 Å². The number of aryl methyl sites for hydroxylation is 2. The van der Waals surface area contributed by atoms with Gasteiger partial charge in [-0.25, -0.2) is 9.97 Å². The van der Waals surface area contributed by atoms with Crippen molar-refractivity contribution >= 4 is 10.9 Å². The van der Waals surface area contributed by atoms with Crippen molar-refractivity contribution in [3.05, 3.63) is 87.7 Å². The van der Waals surface area contributed by atoms with Gasteiger partial charge in [-0.15, -0.1) is 0 Å². The SMILES string of the molecule is O=c1c(CN2CCc3nc(-c4cccnc4)ncc3C2)cc2cccc3c2n1CCC3. The largest absolute Gasteiger partial charge is 0.308 e. The minimum Gasteiger partial charge on any atom is -0.308 e. The van der Waals surface area contributed by atoms with Crippen LogP contribution in [0.4, 0.5) is 0 Å². The average molecular weight is 409 g/mol. The van der Waals surface area contributed by atoms with E-state index in [9.17, 15) is 4.79 Å². The lowest BCUT2D eigenvalue weighted by Gasteiger charge is -2.28. The average Bonchev–Trinajstić information content (AvgIpc) is 2.82. The van der Waals surface area contributed by atoms with Crippen molar-refractivity contribution in [2.24, 2.45) is 0 Å². The molecule has 3 aromatic heterocycles. The summed E-state index contributed by atoms with van der Waals surface area (Å²) in [5.74, 6) is 0.725. The zero-order chi connectivity index (χ0) is 20.8. The Kier molecular flexibility index (Phi) is 4.39. The predicted molar refractivity (Wildman–Crippen MR) is 120 cm³/mol. The van der Waals surface area contributed by atoms with Gasteiger partial charge in [0.15, 0.2) is 5.82 Å². The fourth-order valence-electron chi connectivity index (χ4n) is 4.92. The maximum Gasteiger partial charge on any atom is 0.255 e. The highest BCUT2D eigenvalue weighted by Gasteiger charge is 2.22. The highest BCUT2D eigenvalue weighted by Crippen LogP contribution is 2.26. The molecule has 2 aliphatic rings. The first-order chi connectivity index (χ1) is 15.3. The first-order valence-electron chi connectivity index (χ1n) is 10.9. The summed E-state index contributed by atoms with van der Waals surface area (Å²) >= 11 is 0. The van der Waals surface area contributed by atoms with Crippen LogP contribution >= 0.6 is 0 Å². The Morgan fingerprint density at radius 3 is 2.87 bits per heavy atom. The Labute approximate surface area is 180 Å². The van der Waals surface area contributed by atoms with Crippen LogP contribution < -0.4 is 5.56 Å². The van der Waals surface area contributed by atoms with E-state index in [1.807, 2.05) is 22.9 Å². The molecule has 0 spiro atoms. The maximum atomic E-state index is 13.2. The molecule has 154 valence electrons. The van der Waals surface area contributed by atoms with Gasteiger partial charge in [-0.1, -0.05) is 18.2 Å². The molecule has 0 bridgehead atoms. The molecule has 0 amide bonds. The van der Waals surface area contributed by atoms with Crippen molar-refractivity contribution < 1.29 is 0 Å². The summed E-state index contributed by atoms with van der Waals surface area (Å²) in [6, 6.07) is 12.4. The summed E-state index contributed by atoms with van der Waals surface area (Å²) < 4.78 is 1.99. The van der Waals surface area contributed by atoms with Crippen molar-refractivity contribution in [1.29, 1.82) is 0 Å². The molecule has 0 aliphatic carbocycles. The third-order valence-electron chi connectivity index (χ3n) is 6.42. The first kappa shape index (κ1) is 18.4. The number of hydrogen-bond donors (Lipinski definition) is 0. The molecule has 0 saturated heterocycles. The van der Waals surface area contributed by atoms with Gasteiger partial charge in [-0.3, -0.25) is 14.7 Å².